The van der Waals surface area contributed by atoms with E-state index in [4.69, 9.17) is 26.4 Å². The van der Waals surface area contributed by atoms with Crippen molar-refractivity contribution < 1.29 is 19.0 Å². The molecule has 0 radical (unpaired) electrons. The lowest BCUT2D eigenvalue weighted by molar-refractivity contribution is 0.132. The summed E-state index contributed by atoms with van der Waals surface area (Å²) >= 11 is 5.55. The molecule has 0 spiro atoms. The number of hydrogen-bond acceptors (Lipinski definition) is 5. The molecule has 1 aromatic rings. The SMILES string of the molecule is COc1ccc(OC)c(CCNC(=S)N2CCC(N3CCOC3=O)CC2)c1. The summed E-state index contributed by atoms with van der Waals surface area (Å²) in [5.41, 5.74) is 1.08. The molecule has 1 amide bonds. The number of methoxy groups -OCH3 is 2. The number of carbonyl (C=O) groups is 1. The molecule has 27 heavy (non-hydrogen) atoms. The van der Waals surface area contributed by atoms with Gasteiger partial charge in [0, 0.05) is 25.7 Å². The number of ether oxygens (including phenoxy) is 3. The fraction of sp³-hybridized carbons (Fsp3) is 0.579. The number of carbonyl (C=O) groups excluding carboxylic acids is 1. The third-order valence-corrected chi connectivity index (χ3v) is 5.55. The molecule has 2 saturated heterocycles. The van der Waals surface area contributed by atoms with Crippen molar-refractivity contribution in [1.82, 2.24) is 15.1 Å². The van der Waals surface area contributed by atoms with E-state index in [0.29, 0.717) is 13.2 Å². The van der Waals surface area contributed by atoms with E-state index in [9.17, 15) is 4.79 Å². The van der Waals surface area contributed by atoms with Crippen molar-refractivity contribution in [2.45, 2.75) is 25.3 Å². The lowest BCUT2D eigenvalue weighted by Crippen LogP contribution is -2.49. The lowest BCUT2D eigenvalue weighted by atomic mass is 10.0. The average molecular weight is 394 g/mol. The summed E-state index contributed by atoms with van der Waals surface area (Å²) in [6, 6.07) is 6.06. The molecular weight excluding hydrogens is 366 g/mol. The fourth-order valence-corrected chi connectivity index (χ4v) is 3.90. The topological polar surface area (TPSA) is 63.3 Å². The first-order valence-corrected chi connectivity index (χ1v) is 9.70. The molecule has 2 fully saturated rings. The van der Waals surface area contributed by atoms with Crippen LogP contribution < -0.4 is 14.8 Å². The van der Waals surface area contributed by atoms with E-state index in [1.165, 1.54) is 0 Å². The summed E-state index contributed by atoms with van der Waals surface area (Å²) in [6.45, 7) is 3.63. The highest BCUT2D eigenvalue weighted by Crippen LogP contribution is 2.24. The van der Waals surface area contributed by atoms with Gasteiger partial charge in [0.15, 0.2) is 5.11 Å². The standard InChI is InChI=1S/C19H27N3O4S/c1-24-16-3-4-17(25-2)14(13-16)5-8-20-18(27)21-9-6-15(7-10-21)22-11-12-26-19(22)23/h3-4,13,15H,5-12H2,1-2H3,(H,20,27). The zero-order valence-electron chi connectivity index (χ0n) is 15.9. The molecular formula is C19H27N3O4S. The maximum absolute atomic E-state index is 11.7. The predicted molar refractivity (Wildman–Crippen MR) is 106 cm³/mol. The molecule has 0 bridgehead atoms. The van der Waals surface area contributed by atoms with Gasteiger partial charge in [0.2, 0.25) is 0 Å². The van der Waals surface area contributed by atoms with Crippen molar-refractivity contribution in [3.63, 3.8) is 0 Å². The van der Waals surface area contributed by atoms with Gasteiger partial charge in [-0.25, -0.2) is 4.79 Å². The van der Waals surface area contributed by atoms with E-state index in [2.05, 4.69) is 10.2 Å². The van der Waals surface area contributed by atoms with Gasteiger partial charge in [0.25, 0.3) is 0 Å². The molecule has 0 atom stereocenters. The summed E-state index contributed by atoms with van der Waals surface area (Å²) in [6.07, 6.45) is 2.44. The maximum atomic E-state index is 11.7. The van der Waals surface area contributed by atoms with Gasteiger partial charge >= 0.3 is 6.09 Å². The molecule has 2 aliphatic rings. The van der Waals surface area contributed by atoms with E-state index in [0.717, 1.165) is 61.1 Å². The van der Waals surface area contributed by atoms with Crippen molar-refractivity contribution in [2.24, 2.45) is 0 Å². The van der Waals surface area contributed by atoms with Crippen LogP contribution in [0, 0.1) is 0 Å². The van der Waals surface area contributed by atoms with Gasteiger partial charge in [0.05, 0.1) is 20.8 Å². The molecule has 1 N–H and O–H groups in total. The minimum Gasteiger partial charge on any atom is -0.497 e. The van der Waals surface area contributed by atoms with Crippen LogP contribution in [-0.4, -0.2) is 74.1 Å². The number of cyclic esters (lactones) is 1. The molecule has 0 unspecified atom stereocenters. The summed E-state index contributed by atoms with van der Waals surface area (Å²) in [5.74, 6) is 1.66. The maximum Gasteiger partial charge on any atom is 0.410 e. The Morgan fingerprint density at radius 3 is 2.67 bits per heavy atom. The molecule has 0 saturated carbocycles. The Balaban J connectivity index is 1.44. The monoisotopic (exact) mass is 393 g/mol. The second-order valence-corrected chi connectivity index (χ2v) is 7.07. The average Bonchev–Trinajstić information content (AvgIpc) is 3.13. The molecule has 2 heterocycles. The predicted octanol–water partition coefficient (Wildman–Crippen LogP) is 2.04. The van der Waals surface area contributed by atoms with Crippen molar-refractivity contribution in [3.8, 4) is 11.5 Å². The Labute approximate surface area is 165 Å². The molecule has 2 aliphatic heterocycles. The molecule has 7 nitrogen and oxygen atoms in total. The molecule has 0 aromatic heterocycles. The van der Waals surface area contributed by atoms with Gasteiger partial charge in [-0.1, -0.05) is 0 Å². The second kappa shape index (κ2) is 9.12. The molecule has 3 rings (SSSR count). The van der Waals surface area contributed by atoms with Crippen LogP contribution in [0.2, 0.25) is 0 Å². The van der Waals surface area contributed by atoms with Gasteiger partial charge in [-0.15, -0.1) is 0 Å². The number of nitrogens with zero attached hydrogens (tertiary/aromatic N) is 2. The molecule has 1 aromatic carbocycles. The molecule has 148 valence electrons. The first-order chi connectivity index (χ1) is 13.1. The smallest absolute Gasteiger partial charge is 0.410 e. The van der Waals surface area contributed by atoms with Crippen molar-refractivity contribution in [3.05, 3.63) is 23.8 Å². The van der Waals surface area contributed by atoms with Crippen LogP contribution in [0.5, 0.6) is 11.5 Å². The largest absolute Gasteiger partial charge is 0.497 e. The van der Waals surface area contributed by atoms with Crippen LogP contribution >= 0.6 is 12.2 Å². The summed E-state index contributed by atoms with van der Waals surface area (Å²) in [4.78, 5) is 15.7. The minimum absolute atomic E-state index is 0.179. The zero-order chi connectivity index (χ0) is 19.2. The summed E-state index contributed by atoms with van der Waals surface area (Å²) in [5, 5.41) is 4.10. The third kappa shape index (κ3) is 4.74. The number of amides is 1. The van der Waals surface area contributed by atoms with Crippen LogP contribution in [0.4, 0.5) is 4.79 Å². The van der Waals surface area contributed by atoms with Crippen LogP contribution in [-0.2, 0) is 11.2 Å². The van der Waals surface area contributed by atoms with Gasteiger partial charge < -0.3 is 29.3 Å². The van der Waals surface area contributed by atoms with E-state index in [-0.39, 0.29) is 12.1 Å². The van der Waals surface area contributed by atoms with Gasteiger partial charge in [-0.2, -0.15) is 0 Å². The van der Waals surface area contributed by atoms with E-state index >= 15 is 0 Å². The van der Waals surface area contributed by atoms with Gasteiger partial charge in [-0.3, -0.25) is 0 Å². The van der Waals surface area contributed by atoms with E-state index in [1.54, 1.807) is 14.2 Å². The van der Waals surface area contributed by atoms with E-state index in [1.807, 2.05) is 23.1 Å². The number of likely N-dealkylation sites (tertiary alicyclic amines) is 1. The first-order valence-electron chi connectivity index (χ1n) is 9.29. The van der Waals surface area contributed by atoms with Gasteiger partial charge in [-0.05, 0) is 55.2 Å². The second-order valence-electron chi connectivity index (χ2n) is 6.69. The van der Waals surface area contributed by atoms with Crippen molar-refractivity contribution in [1.29, 1.82) is 0 Å². The number of nitrogens with one attached hydrogen (secondary N) is 1. The third-order valence-electron chi connectivity index (χ3n) is 5.14. The molecule has 8 heteroatoms. The van der Waals surface area contributed by atoms with Crippen molar-refractivity contribution >= 4 is 23.4 Å². The normalized spacial score (nSPS) is 17.6. The number of piperidine rings is 1. The van der Waals surface area contributed by atoms with Crippen molar-refractivity contribution in [2.75, 3.05) is 47.0 Å². The van der Waals surface area contributed by atoms with Crippen LogP contribution in [0.1, 0.15) is 18.4 Å². The highest BCUT2D eigenvalue weighted by atomic mass is 32.1. The Morgan fingerprint density at radius 1 is 1.26 bits per heavy atom. The first kappa shape index (κ1) is 19.5. The van der Waals surface area contributed by atoms with Crippen LogP contribution in [0.3, 0.4) is 0 Å². The molecule has 0 aliphatic carbocycles. The van der Waals surface area contributed by atoms with E-state index < -0.39 is 0 Å². The number of thiocarbonyl (C=S) groups is 1. The minimum atomic E-state index is -0.179. The lowest BCUT2D eigenvalue weighted by Gasteiger charge is -2.36. The summed E-state index contributed by atoms with van der Waals surface area (Å²) < 4.78 is 15.7. The number of benzene rings is 1. The highest BCUT2D eigenvalue weighted by molar-refractivity contribution is 7.80. The summed E-state index contributed by atoms with van der Waals surface area (Å²) in [7, 11) is 3.33. The Hall–Kier alpha value is -2.22. The Kier molecular flexibility index (Phi) is 6.60. The quantitative estimate of drug-likeness (QED) is 0.742. The zero-order valence-corrected chi connectivity index (χ0v) is 16.7. The van der Waals surface area contributed by atoms with Crippen LogP contribution in [0.25, 0.3) is 0 Å². The Bertz CT molecular complexity index is 677. The Morgan fingerprint density at radius 2 is 2.04 bits per heavy atom. The highest BCUT2D eigenvalue weighted by Gasteiger charge is 2.32. The number of rotatable bonds is 6. The number of hydrogen-bond donors (Lipinski definition) is 1. The van der Waals surface area contributed by atoms with Gasteiger partial charge in [0.1, 0.15) is 18.1 Å². The van der Waals surface area contributed by atoms with Crippen LogP contribution in [0.15, 0.2) is 18.2 Å². The fourth-order valence-electron chi connectivity index (χ4n) is 3.61.